The van der Waals surface area contributed by atoms with Gasteiger partial charge in [0.05, 0.1) is 11.4 Å². The molecule has 0 aliphatic heterocycles. The first-order valence-corrected chi connectivity index (χ1v) is 8.19. The van der Waals surface area contributed by atoms with Crippen LogP contribution in [0.1, 0.15) is 31.9 Å². The minimum Gasteiger partial charge on any atom is -0.388 e. The Labute approximate surface area is 144 Å². The molecule has 1 N–H and O–H groups in total. The van der Waals surface area contributed by atoms with E-state index in [4.69, 9.17) is 16.7 Å². The van der Waals surface area contributed by atoms with Gasteiger partial charge in [-0.1, -0.05) is 29.3 Å². The van der Waals surface area contributed by atoms with Gasteiger partial charge < -0.3 is 5.32 Å². The number of aryl methyl sites for hydroxylation is 1. The number of rotatable bonds is 5. The van der Waals surface area contributed by atoms with Crippen molar-refractivity contribution in [1.82, 2.24) is 0 Å². The Hall–Kier alpha value is -2.00. The minimum absolute atomic E-state index is 0.255. The van der Waals surface area contributed by atoms with Gasteiger partial charge in [0.15, 0.2) is 0 Å². The monoisotopic (exact) mass is 329 g/mol. The summed E-state index contributed by atoms with van der Waals surface area (Å²) in [5.41, 5.74) is 5.27. The Bertz CT molecular complexity index is 690. The zero-order valence-electron chi connectivity index (χ0n) is 14.4. The second kappa shape index (κ2) is 7.51. The maximum Gasteiger partial charge on any atom is 0.0672 e. The smallest absolute Gasteiger partial charge is 0.0672 e. The number of hydrogen-bond donors (Lipinski definition) is 1. The highest BCUT2D eigenvalue weighted by atomic mass is 35.5. The first-order valence-electron chi connectivity index (χ1n) is 7.81. The molecule has 122 valence electrons. The molecule has 4 heteroatoms. The van der Waals surface area contributed by atoms with Gasteiger partial charge in [-0.2, -0.15) is 5.10 Å². The van der Waals surface area contributed by atoms with Gasteiger partial charge in [0.1, 0.15) is 0 Å². The van der Waals surface area contributed by atoms with Gasteiger partial charge in [-0.15, -0.1) is 0 Å². The van der Waals surface area contributed by atoms with Crippen LogP contribution in [-0.2, 0) is 0 Å². The molecule has 0 bridgehead atoms. The Kier molecular flexibility index (Phi) is 5.67. The Balaban J connectivity index is 2.43. The van der Waals surface area contributed by atoms with E-state index >= 15 is 0 Å². The van der Waals surface area contributed by atoms with E-state index in [9.17, 15) is 0 Å². The molecule has 23 heavy (non-hydrogen) atoms. The van der Waals surface area contributed by atoms with Crippen LogP contribution in [0.15, 0.2) is 47.6 Å². The lowest BCUT2D eigenvalue weighted by Gasteiger charge is -2.25. The third-order valence-corrected chi connectivity index (χ3v) is 3.92. The lowest BCUT2D eigenvalue weighted by Crippen LogP contribution is -2.26. The van der Waals surface area contributed by atoms with Crippen LogP contribution in [0.25, 0.3) is 0 Å². The predicted molar refractivity (Wildman–Crippen MR) is 102 cm³/mol. The second-order valence-electron chi connectivity index (χ2n) is 5.90. The largest absolute Gasteiger partial charge is 0.388 e. The topological polar surface area (TPSA) is 27.6 Å². The fraction of sp³-hybridized carbons (Fsp3) is 0.316. The summed E-state index contributed by atoms with van der Waals surface area (Å²) in [7, 11) is 1.90. The van der Waals surface area contributed by atoms with Crippen molar-refractivity contribution in [2.24, 2.45) is 5.10 Å². The van der Waals surface area contributed by atoms with E-state index in [0.29, 0.717) is 5.02 Å². The average Bonchev–Trinajstić information content (AvgIpc) is 2.53. The lowest BCUT2D eigenvalue weighted by molar-refractivity contribution is 0.713. The molecule has 2 rings (SSSR count). The first kappa shape index (κ1) is 17.4. The first-order chi connectivity index (χ1) is 10.9. The van der Waals surface area contributed by atoms with E-state index in [2.05, 4.69) is 50.4 Å². The van der Waals surface area contributed by atoms with E-state index in [0.717, 1.165) is 22.6 Å². The molecule has 0 aliphatic carbocycles. The van der Waals surface area contributed by atoms with Crippen molar-refractivity contribution in [2.45, 2.75) is 33.7 Å². The number of nitrogens with one attached hydrogen (secondary N) is 1. The van der Waals surface area contributed by atoms with Crippen molar-refractivity contribution < 1.29 is 0 Å². The average molecular weight is 330 g/mol. The zero-order valence-corrected chi connectivity index (χ0v) is 15.1. The highest BCUT2D eigenvalue weighted by Crippen LogP contribution is 2.23. The molecule has 0 atom stereocenters. The van der Waals surface area contributed by atoms with E-state index in [1.807, 2.05) is 37.2 Å². The van der Waals surface area contributed by atoms with E-state index < -0.39 is 0 Å². The third-order valence-electron chi connectivity index (χ3n) is 3.69. The number of hydrogen-bond acceptors (Lipinski definition) is 3. The van der Waals surface area contributed by atoms with Crippen LogP contribution in [0.2, 0.25) is 5.02 Å². The second-order valence-corrected chi connectivity index (χ2v) is 6.34. The fourth-order valence-electron chi connectivity index (χ4n) is 2.42. The zero-order chi connectivity index (χ0) is 17.0. The third kappa shape index (κ3) is 4.26. The summed E-state index contributed by atoms with van der Waals surface area (Å²) >= 11 is 6.15. The van der Waals surface area contributed by atoms with Crippen LogP contribution < -0.4 is 10.3 Å². The molecule has 0 unspecified atom stereocenters. The maximum atomic E-state index is 6.15. The molecule has 2 aromatic rings. The SMILES string of the molecule is CNc1ccc(Cl)cc1/C(C)=N/N(c1ccc(C)cc1)C(C)C. The molecular weight excluding hydrogens is 306 g/mol. The summed E-state index contributed by atoms with van der Waals surface area (Å²) in [6.07, 6.45) is 0. The number of benzene rings is 2. The maximum absolute atomic E-state index is 6.15. The predicted octanol–water partition coefficient (Wildman–Crippen LogP) is 5.33. The highest BCUT2D eigenvalue weighted by molar-refractivity contribution is 6.31. The minimum atomic E-state index is 0.255. The summed E-state index contributed by atoms with van der Waals surface area (Å²) in [6, 6.07) is 14.5. The molecule has 0 saturated heterocycles. The molecule has 0 spiro atoms. The molecule has 2 aromatic carbocycles. The normalized spacial score (nSPS) is 11.7. The van der Waals surface area contributed by atoms with Gasteiger partial charge in [0.25, 0.3) is 0 Å². The number of hydrazone groups is 1. The van der Waals surface area contributed by atoms with Crippen LogP contribution in [0.5, 0.6) is 0 Å². The Morgan fingerprint density at radius 3 is 2.35 bits per heavy atom. The standard InChI is InChI=1S/C19H24ClN3/c1-13(2)23(17-9-6-14(3)7-10-17)22-15(4)18-12-16(20)8-11-19(18)21-5/h6-13,21H,1-5H3/b22-15+. The molecule has 0 heterocycles. The molecule has 0 aromatic heterocycles. The summed E-state index contributed by atoms with van der Waals surface area (Å²) in [5.74, 6) is 0. The van der Waals surface area contributed by atoms with Crippen molar-refractivity contribution >= 4 is 28.7 Å². The van der Waals surface area contributed by atoms with Gasteiger partial charge in [-0.25, -0.2) is 0 Å². The fourth-order valence-corrected chi connectivity index (χ4v) is 2.59. The van der Waals surface area contributed by atoms with Crippen LogP contribution in [-0.4, -0.2) is 18.8 Å². The number of nitrogens with zero attached hydrogens (tertiary/aromatic N) is 2. The molecular formula is C19H24ClN3. The van der Waals surface area contributed by atoms with E-state index in [1.54, 1.807) is 0 Å². The van der Waals surface area contributed by atoms with Crippen molar-refractivity contribution in [3.8, 4) is 0 Å². The van der Waals surface area contributed by atoms with E-state index in [-0.39, 0.29) is 6.04 Å². The van der Waals surface area contributed by atoms with Gasteiger partial charge in [-0.05, 0) is 58.0 Å². The Morgan fingerprint density at radius 1 is 1.13 bits per heavy atom. The van der Waals surface area contributed by atoms with Crippen molar-refractivity contribution in [3.63, 3.8) is 0 Å². The van der Waals surface area contributed by atoms with Crippen molar-refractivity contribution in [1.29, 1.82) is 0 Å². The van der Waals surface area contributed by atoms with Gasteiger partial charge in [0.2, 0.25) is 0 Å². The van der Waals surface area contributed by atoms with Crippen molar-refractivity contribution in [3.05, 3.63) is 58.6 Å². The van der Waals surface area contributed by atoms with Crippen LogP contribution in [0.3, 0.4) is 0 Å². The Morgan fingerprint density at radius 2 is 1.78 bits per heavy atom. The molecule has 3 nitrogen and oxygen atoms in total. The summed E-state index contributed by atoms with van der Waals surface area (Å²) in [4.78, 5) is 0. The summed E-state index contributed by atoms with van der Waals surface area (Å²) < 4.78 is 0. The lowest BCUT2D eigenvalue weighted by atomic mass is 10.1. The molecule has 0 radical (unpaired) electrons. The highest BCUT2D eigenvalue weighted by Gasteiger charge is 2.12. The number of anilines is 2. The summed E-state index contributed by atoms with van der Waals surface area (Å²) in [6.45, 7) is 8.36. The van der Waals surface area contributed by atoms with Gasteiger partial charge >= 0.3 is 0 Å². The quantitative estimate of drug-likeness (QED) is 0.593. The molecule has 0 fully saturated rings. The van der Waals surface area contributed by atoms with Gasteiger partial charge in [0, 0.05) is 29.4 Å². The van der Waals surface area contributed by atoms with E-state index in [1.165, 1.54) is 5.56 Å². The van der Waals surface area contributed by atoms with Gasteiger partial charge in [-0.3, -0.25) is 5.01 Å². The summed E-state index contributed by atoms with van der Waals surface area (Å²) in [5, 5.41) is 10.8. The molecule has 0 amide bonds. The van der Waals surface area contributed by atoms with Crippen LogP contribution in [0.4, 0.5) is 11.4 Å². The molecule has 0 aliphatic rings. The van der Waals surface area contributed by atoms with Crippen molar-refractivity contribution in [2.75, 3.05) is 17.4 Å². The van der Waals surface area contributed by atoms with Crippen LogP contribution in [0, 0.1) is 6.92 Å². The van der Waals surface area contributed by atoms with Crippen LogP contribution >= 0.6 is 11.6 Å². The molecule has 0 saturated carbocycles. The number of halogens is 1.